The molecule has 64 heavy (non-hydrogen) atoms. The summed E-state index contributed by atoms with van der Waals surface area (Å²) in [6.07, 6.45) is 0. The van der Waals surface area contributed by atoms with Crippen molar-refractivity contribution in [3.8, 4) is 55.6 Å². The molecule has 0 amide bonds. The fourth-order valence-electron chi connectivity index (χ4n) is 9.46. The number of fused-ring (bicyclic) bond motifs is 5. The van der Waals surface area contributed by atoms with Crippen molar-refractivity contribution in [2.45, 2.75) is 0 Å². The van der Waals surface area contributed by atoms with Crippen molar-refractivity contribution < 1.29 is 4.42 Å². The third-order valence-electron chi connectivity index (χ3n) is 12.7. The molecule has 0 saturated heterocycles. The van der Waals surface area contributed by atoms with E-state index >= 15 is 0 Å². The van der Waals surface area contributed by atoms with Crippen LogP contribution in [0.2, 0.25) is 0 Å². The van der Waals surface area contributed by atoms with Crippen molar-refractivity contribution in [1.82, 2.24) is 0 Å². The van der Waals surface area contributed by atoms with E-state index in [0.717, 1.165) is 61.3 Å². The molecular weight excluding hydrogens is 775 g/mol. The smallest absolute Gasteiger partial charge is 0.143 e. The summed E-state index contributed by atoms with van der Waals surface area (Å²) in [4.78, 5) is 2.36. The minimum Gasteiger partial charge on any atom is -0.455 e. The average molecular weight is 816 g/mol. The molecule has 12 rings (SSSR count). The molecule has 0 aliphatic heterocycles. The number of hydrogen-bond acceptors (Lipinski definition) is 2. The van der Waals surface area contributed by atoms with Gasteiger partial charge in [0.2, 0.25) is 0 Å². The Morgan fingerprint density at radius 2 is 0.766 bits per heavy atom. The topological polar surface area (TPSA) is 16.4 Å². The van der Waals surface area contributed by atoms with E-state index in [1.165, 1.54) is 54.9 Å². The summed E-state index contributed by atoms with van der Waals surface area (Å²) in [6, 6.07) is 89.6. The van der Waals surface area contributed by atoms with Gasteiger partial charge < -0.3 is 9.32 Å². The molecule has 2 heteroatoms. The Morgan fingerprint density at radius 1 is 0.266 bits per heavy atom. The van der Waals surface area contributed by atoms with Gasteiger partial charge in [-0.1, -0.05) is 194 Å². The zero-order chi connectivity index (χ0) is 42.4. The van der Waals surface area contributed by atoms with Crippen LogP contribution in [-0.4, -0.2) is 0 Å². The van der Waals surface area contributed by atoms with Crippen molar-refractivity contribution in [3.05, 3.63) is 249 Å². The Hall–Kier alpha value is -8.46. The minimum atomic E-state index is 0.889. The third kappa shape index (κ3) is 6.70. The number of nitrogens with zero attached hydrogens (tertiary/aromatic N) is 1. The molecule has 1 heterocycles. The van der Waals surface area contributed by atoms with Crippen molar-refractivity contribution in [1.29, 1.82) is 0 Å². The lowest BCUT2D eigenvalue weighted by Crippen LogP contribution is -2.09. The first kappa shape index (κ1) is 37.3. The van der Waals surface area contributed by atoms with Gasteiger partial charge in [0.25, 0.3) is 0 Å². The summed E-state index contributed by atoms with van der Waals surface area (Å²) >= 11 is 0. The first-order valence-electron chi connectivity index (χ1n) is 21.9. The number of hydrogen-bond donors (Lipinski definition) is 0. The number of rotatable bonds is 8. The van der Waals surface area contributed by atoms with E-state index in [-0.39, 0.29) is 0 Å². The van der Waals surface area contributed by atoms with Crippen LogP contribution < -0.4 is 4.90 Å². The SMILES string of the molecule is c1ccc(-c2c(-c3ccc(N(c4ccc(-c5ccc6ccccc6c5)cc4)c4ccc(-c5ccc6oc7c(-c8ccccc8)cccc7c6c5)cc4)cc3)ccc3ccccc23)cc1. The Balaban J connectivity index is 0.930. The molecule has 2 nitrogen and oxygen atoms in total. The Labute approximate surface area is 372 Å². The molecule has 0 radical (unpaired) electrons. The van der Waals surface area contributed by atoms with Gasteiger partial charge in [0.15, 0.2) is 0 Å². The summed E-state index contributed by atoms with van der Waals surface area (Å²) < 4.78 is 6.51. The molecule has 12 aromatic rings. The normalized spacial score (nSPS) is 11.4. The average Bonchev–Trinajstić information content (AvgIpc) is 3.75. The largest absolute Gasteiger partial charge is 0.455 e. The van der Waals surface area contributed by atoms with E-state index in [1.807, 2.05) is 6.07 Å². The van der Waals surface area contributed by atoms with Crippen molar-refractivity contribution >= 4 is 60.5 Å². The summed E-state index contributed by atoms with van der Waals surface area (Å²) in [5.41, 5.74) is 16.8. The van der Waals surface area contributed by atoms with E-state index in [4.69, 9.17) is 4.42 Å². The highest BCUT2D eigenvalue weighted by molar-refractivity contribution is 6.11. The molecule has 0 atom stereocenters. The van der Waals surface area contributed by atoms with Gasteiger partial charge in [-0.15, -0.1) is 0 Å². The standard InChI is InChI=1S/C62H41NO/c1-3-13-45(14-4-1)57-20-11-21-58-59-41-51(31-39-60(59)64-62(57)58)44-26-34-53(35-27-44)63(52-32-24-43(25-33-52)50-23-22-42-12-7-8-18-49(42)40-50)54-36-28-47(29-37-54)56-38-30-46-15-9-10-19-55(46)61(56)48-16-5-2-6-17-48/h1-41H. The molecule has 0 saturated carbocycles. The van der Waals surface area contributed by atoms with Crippen LogP contribution >= 0.6 is 0 Å². The quantitative estimate of drug-likeness (QED) is 0.152. The van der Waals surface area contributed by atoms with Gasteiger partial charge in [0.1, 0.15) is 11.2 Å². The molecular formula is C62H41NO. The maximum atomic E-state index is 6.51. The molecule has 0 aliphatic rings. The van der Waals surface area contributed by atoms with Gasteiger partial charge in [-0.3, -0.25) is 0 Å². The summed E-state index contributed by atoms with van der Waals surface area (Å²) in [5.74, 6) is 0. The highest BCUT2D eigenvalue weighted by Crippen LogP contribution is 2.42. The fraction of sp³-hybridized carbons (Fsp3) is 0. The van der Waals surface area contributed by atoms with E-state index in [9.17, 15) is 0 Å². The van der Waals surface area contributed by atoms with Crippen LogP contribution in [0.5, 0.6) is 0 Å². The van der Waals surface area contributed by atoms with E-state index < -0.39 is 0 Å². The van der Waals surface area contributed by atoms with Gasteiger partial charge in [-0.25, -0.2) is 0 Å². The number of furan rings is 1. The molecule has 0 unspecified atom stereocenters. The minimum absolute atomic E-state index is 0.889. The molecule has 1 aromatic heterocycles. The van der Waals surface area contributed by atoms with Gasteiger partial charge in [0, 0.05) is 33.4 Å². The predicted molar refractivity (Wildman–Crippen MR) is 271 cm³/mol. The molecule has 300 valence electrons. The molecule has 11 aromatic carbocycles. The summed E-state index contributed by atoms with van der Waals surface area (Å²) in [7, 11) is 0. The lowest BCUT2D eigenvalue weighted by molar-refractivity contribution is 0.670. The maximum absolute atomic E-state index is 6.51. The predicted octanol–water partition coefficient (Wildman–Crippen LogP) is 17.7. The number of para-hydroxylation sites is 1. The van der Waals surface area contributed by atoms with E-state index in [2.05, 4.69) is 248 Å². The third-order valence-corrected chi connectivity index (χ3v) is 12.7. The number of benzene rings is 11. The lowest BCUT2D eigenvalue weighted by atomic mass is 9.90. The van der Waals surface area contributed by atoms with Crippen molar-refractivity contribution in [3.63, 3.8) is 0 Å². The molecule has 0 fully saturated rings. The van der Waals surface area contributed by atoms with Crippen LogP contribution in [0.25, 0.3) is 99.1 Å². The van der Waals surface area contributed by atoms with Gasteiger partial charge in [0.05, 0.1) is 0 Å². The van der Waals surface area contributed by atoms with Gasteiger partial charge in [-0.2, -0.15) is 0 Å². The maximum Gasteiger partial charge on any atom is 0.143 e. The molecule has 0 spiro atoms. The second-order valence-corrected chi connectivity index (χ2v) is 16.5. The second-order valence-electron chi connectivity index (χ2n) is 16.5. The highest BCUT2D eigenvalue weighted by atomic mass is 16.3. The van der Waals surface area contributed by atoms with Crippen LogP contribution in [-0.2, 0) is 0 Å². The van der Waals surface area contributed by atoms with Crippen LogP contribution in [0.15, 0.2) is 253 Å². The summed E-state index contributed by atoms with van der Waals surface area (Å²) in [6.45, 7) is 0. The molecule has 0 N–H and O–H groups in total. The zero-order valence-corrected chi connectivity index (χ0v) is 35.0. The van der Waals surface area contributed by atoms with Crippen molar-refractivity contribution in [2.75, 3.05) is 4.90 Å². The van der Waals surface area contributed by atoms with Crippen LogP contribution in [0.4, 0.5) is 17.1 Å². The fourth-order valence-corrected chi connectivity index (χ4v) is 9.46. The van der Waals surface area contributed by atoms with Crippen LogP contribution in [0, 0.1) is 0 Å². The van der Waals surface area contributed by atoms with Crippen molar-refractivity contribution in [2.24, 2.45) is 0 Å². The van der Waals surface area contributed by atoms with E-state index in [1.54, 1.807) is 0 Å². The first-order valence-corrected chi connectivity index (χ1v) is 21.9. The van der Waals surface area contributed by atoms with Gasteiger partial charge >= 0.3 is 0 Å². The zero-order valence-electron chi connectivity index (χ0n) is 35.0. The second kappa shape index (κ2) is 15.8. The summed E-state index contributed by atoms with van der Waals surface area (Å²) in [5, 5.41) is 7.21. The van der Waals surface area contributed by atoms with Crippen LogP contribution in [0.3, 0.4) is 0 Å². The molecule has 0 bridgehead atoms. The molecule has 0 aliphatic carbocycles. The van der Waals surface area contributed by atoms with Crippen LogP contribution in [0.1, 0.15) is 0 Å². The van der Waals surface area contributed by atoms with Gasteiger partial charge in [-0.05, 0) is 126 Å². The first-order chi connectivity index (χ1) is 31.7. The number of anilines is 3. The Bertz CT molecular complexity index is 3630. The Morgan fingerprint density at radius 3 is 1.45 bits per heavy atom. The van der Waals surface area contributed by atoms with E-state index in [0.29, 0.717) is 0 Å². The monoisotopic (exact) mass is 815 g/mol. The lowest BCUT2D eigenvalue weighted by Gasteiger charge is -2.26. The Kier molecular flexibility index (Phi) is 9.20. The highest BCUT2D eigenvalue weighted by Gasteiger charge is 2.18.